The van der Waals surface area contributed by atoms with E-state index in [0.29, 0.717) is 12.0 Å². The molecular weight excluding hydrogens is 841 g/mol. The summed E-state index contributed by atoms with van der Waals surface area (Å²) in [4.78, 5) is 14.7. The molecule has 0 unspecified atom stereocenters. The lowest BCUT2D eigenvalue weighted by Gasteiger charge is -2.26. The Balaban J connectivity index is 0.843. The summed E-state index contributed by atoms with van der Waals surface area (Å²) in [6, 6.07) is 84.2. The van der Waals surface area contributed by atoms with Gasteiger partial charge in [0.25, 0.3) is 0 Å². The Morgan fingerprint density at radius 2 is 0.942 bits per heavy atom. The van der Waals surface area contributed by atoms with Crippen molar-refractivity contribution in [3.8, 4) is 50.2 Å². The molecule has 69 heavy (non-hydrogen) atoms. The number of hydrogen-bond donors (Lipinski definition) is 0. The highest BCUT2D eigenvalue weighted by atomic mass is 16.3. The highest BCUT2D eigenvalue weighted by molar-refractivity contribution is 6.11. The molecule has 4 nitrogen and oxygen atoms in total. The number of fused-ring (bicyclic) bond motifs is 6. The topological polar surface area (TPSA) is 38.4 Å². The van der Waals surface area contributed by atoms with Crippen molar-refractivity contribution in [2.75, 3.05) is 4.90 Å². The molecule has 0 fully saturated rings. The zero-order chi connectivity index (χ0) is 46.4. The number of anilines is 3. The van der Waals surface area contributed by atoms with Gasteiger partial charge in [0.15, 0.2) is 5.78 Å². The third kappa shape index (κ3) is 7.68. The molecule has 0 spiro atoms. The van der Waals surface area contributed by atoms with Gasteiger partial charge in [0, 0.05) is 56.3 Å². The van der Waals surface area contributed by atoms with E-state index >= 15 is 0 Å². The van der Waals surface area contributed by atoms with Crippen molar-refractivity contribution in [1.82, 2.24) is 4.57 Å². The van der Waals surface area contributed by atoms with E-state index in [2.05, 4.69) is 228 Å². The number of furan rings is 1. The van der Waals surface area contributed by atoms with Gasteiger partial charge in [-0.05, 0) is 130 Å². The number of carbonyl (C=O) groups is 1. The van der Waals surface area contributed by atoms with E-state index < -0.39 is 0 Å². The molecule has 0 amide bonds. The van der Waals surface area contributed by atoms with Crippen LogP contribution in [-0.4, -0.2) is 10.4 Å². The zero-order valence-electron chi connectivity index (χ0n) is 38.1. The van der Waals surface area contributed by atoms with E-state index in [4.69, 9.17) is 4.42 Å². The van der Waals surface area contributed by atoms with Gasteiger partial charge in [-0.15, -0.1) is 0 Å². The molecule has 10 aromatic carbocycles. The molecule has 0 N–H and O–H groups in total. The summed E-state index contributed by atoms with van der Waals surface area (Å²) in [5.41, 5.74) is 19.1. The first-order chi connectivity index (χ1) is 33.9. The normalized spacial score (nSPS) is 11.4. The second kappa shape index (κ2) is 17.3. The Morgan fingerprint density at radius 1 is 0.449 bits per heavy atom. The smallest absolute Gasteiger partial charge is 0.162 e. The Labute approximate surface area is 401 Å². The van der Waals surface area contributed by atoms with Crippen LogP contribution in [-0.2, 0) is 11.2 Å². The van der Waals surface area contributed by atoms with Gasteiger partial charge < -0.3 is 13.9 Å². The molecule has 12 rings (SSSR count). The highest BCUT2D eigenvalue weighted by Gasteiger charge is 2.18. The summed E-state index contributed by atoms with van der Waals surface area (Å²) in [6.45, 7) is 5.59. The first kappa shape index (κ1) is 41.4. The third-order valence-electron chi connectivity index (χ3n) is 13.5. The fourth-order valence-corrected chi connectivity index (χ4v) is 9.83. The van der Waals surface area contributed by atoms with E-state index in [1.54, 1.807) is 6.92 Å². The average molecular weight is 887 g/mol. The van der Waals surface area contributed by atoms with Gasteiger partial charge in [-0.2, -0.15) is 0 Å². The number of aromatic nitrogens is 1. The predicted molar refractivity (Wildman–Crippen MR) is 288 cm³/mol. The number of carbonyl (C=O) groups excluding carboxylic acids is 1. The van der Waals surface area contributed by atoms with E-state index in [1.807, 2.05) is 24.3 Å². The maximum absolute atomic E-state index is 12.4. The first-order valence-electron chi connectivity index (χ1n) is 23.4. The lowest BCUT2D eigenvalue weighted by molar-refractivity contribution is -0.114. The number of nitrogens with zero attached hydrogens (tertiary/aromatic N) is 2. The van der Waals surface area contributed by atoms with Gasteiger partial charge in [-0.1, -0.05) is 170 Å². The second-order valence-electron chi connectivity index (χ2n) is 17.8. The summed E-state index contributed by atoms with van der Waals surface area (Å²) in [5, 5.41) is 4.65. The van der Waals surface area contributed by atoms with Gasteiger partial charge in [-0.3, -0.25) is 4.79 Å². The van der Waals surface area contributed by atoms with Crippen molar-refractivity contribution in [2.45, 2.75) is 13.3 Å². The van der Waals surface area contributed by atoms with Crippen molar-refractivity contribution in [3.05, 3.63) is 254 Å². The molecule has 328 valence electrons. The van der Waals surface area contributed by atoms with Crippen LogP contribution < -0.4 is 4.90 Å². The van der Waals surface area contributed by atoms with Crippen LogP contribution in [0.25, 0.3) is 93.9 Å². The highest BCUT2D eigenvalue weighted by Crippen LogP contribution is 2.41. The maximum atomic E-state index is 12.4. The SMILES string of the molecule is C=C(C)C(=O)Cc1ccc(-n2c3ccccc3c3cc(-c4ccc(-c5ccc(N(c6ccc(-c7ccccc7)cc6)c6ccc(-c7cccc8c7oc7ccccc78)cc6)cc5)cc4)ccc32)cc1. The second-order valence-corrected chi connectivity index (χ2v) is 17.8. The van der Waals surface area contributed by atoms with Crippen molar-refractivity contribution in [3.63, 3.8) is 0 Å². The van der Waals surface area contributed by atoms with Gasteiger partial charge in [0.2, 0.25) is 0 Å². The summed E-state index contributed by atoms with van der Waals surface area (Å²) >= 11 is 0. The Kier molecular flexibility index (Phi) is 10.4. The largest absolute Gasteiger partial charge is 0.455 e. The Morgan fingerprint density at radius 3 is 1.58 bits per heavy atom. The minimum Gasteiger partial charge on any atom is -0.455 e. The Hall–Kier alpha value is -8.99. The first-order valence-corrected chi connectivity index (χ1v) is 23.4. The maximum Gasteiger partial charge on any atom is 0.162 e. The van der Waals surface area contributed by atoms with Crippen LogP contribution in [0.3, 0.4) is 0 Å². The molecule has 0 bridgehead atoms. The van der Waals surface area contributed by atoms with Crippen molar-refractivity contribution >= 4 is 66.6 Å². The van der Waals surface area contributed by atoms with Crippen LogP contribution >= 0.6 is 0 Å². The molecule has 0 aliphatic carbocycles. The number of para-hydroxylation sites is 3. The molecule has 0 radical (unpaired) electrons. The number of hydrogen-bond acceptors (Lipinski definition) is 3. The van der Waals surface area contributed by atoms with Crippen LogP contribution in [0, 0.1) is 0 Å². The third-order valence-corrected chi connectivity index (χ3v) is 13.5. The summed E-state index contributed by atoms with van der Waals surface area (Å²) in [7, 11) is 0. The Bertz CT molecular complexity index is 3860. The quantitative estimate of drug-likeness (QED) is 0.121. The molecule has 12 aromatic rings. The minimum absolute atomic E-state index is 0.0648. The fourth-order valence-electron chi connectivity index (χ4n) is 9.83. The minimum atomic E-state index is 0.0648. The number of benzene rings is 10. The van der Waals surface area contributed by atoms with E-state index in [-0.39, 0.29) is 5.78 Å². The summed E-state index contributed by atoms with van der Waals surface area (Å²) in [5.74, 6) is 0.0648. The van der Waals surface area contributed by atoms with Crippen LogP contribution in [0.5, 0.6) is 0 Å². The predicted octanol–water partition coefficient (Wildman–Crippen LogP) is 17.5. The average Bonchev–Trinajstić information content (AvgIpc) is 3.96. The number of Topliss-reactive ketones (excluding diaryl/α,β-unsaturated/α-hetero) is 1. The molecular formula is C65H46N2O2. The van der Waals surface area contributed by atoms with Crippen molar-refractivity contribution < 1.29 is 9.21 Å². The number of rotatable bonds is 11. The zero-order valence-corrected chi connectivity index (χ0v) is 38.1. The lowest BCUT2D eigenvalue weighted by atomic mass is 9.98. The molecule has 2 aromatic heterocycles. The van der Waals surface area contributed by atoms with E-state index in [0.717, 1.165) is 94.7 Å². The molecule has 0 aliphatic heterocycles. The van der Waals surface area contributed by atoms with Crippen LogP contribution in [0.2, 0.25) is 0 Å². The van der Waals surface area contributed by atoms with Crippen molar-refractivity contribution in [2.24, 2.45) is 0 Å². The van der Waals surface area contributed by atoms with Crippen LogP contribution in [0.1, 0.15) is 12.5 Å². The van der Waals surface area contributed by atoms with E-state index in [9.17, 15) is 4.79 Å². The van der Waals surface area contributed by atoms with Gasteiger partial charge >= 0.3 is 0 Å². The lowest BCUT2D eigenvalue weighted by Crippen LogP contribution is -2.09. The molecule has 0 aliphatic rings. The molecule has 0 saturated carbocycles. The molecule has 0 atom stereocenters. The summed E-state index contributed by atoms with van der Waals surface area (Å²) in [6.07, 6.45) is 0.361. The van der Waals surface area contributed by atoms with Crippen molar-refractivity contribution in [1.29, 1.82) is 0 Å². The molecule has 2 heterocycles. The summed E-state index contributed by atoms with van der Waals surface area (Å²) < 4.78 is 8.73. The van der Waals surface area contributed by atoms with Crippen LogP contribution in [0.15, 0.2) is 253 Å². The molecule has 0 saturated heterocycles. The van der Waals surface area contributed by atoms with Gasteiger partial charge in [-0.25, -0.2) is 0 Å². The van der Waals surface area contributed by atoms with Gasteiger partial charge in [0.1, 0.15) is 11.2 Å². The van der Waals surface area contributed by atoms with Crippen LogP contribution in [0.4, 0.5) is 17.1 Å². The number of ketones is 1. The fraction of sp³-hybridized carbons (Fsp3) is 0.0308. The standard InChI is InChI=1S/C65H46N2O2/c1-43(2)63(68)41-44-19-32-55(33-20-44)67-61-17-8-6-13-57(61)60-42-51(31-40-62(60)67)49-23-21-46(22-24-49)48-27-36-53(37-28-48)66(52-34-25-47(26-35-52)45-11-4-3-5-12-45)54-38-29-50(30-39-54)56-15-10-16-59-58-14-7-9-18-64(58)69-65(56)59/h3-40,42H,1,41H2,2H3. The molecule has 4 heteroatoms. The van der Waals surface area contributed by atoms with Gasteiger partial charge in [0.05, 0.1) is 11.0 Å². The van der Waals surface area contributed by atoms with E-state index in [1.165, 1.54) is 21.9 Å². The number of allylic oxidation sites excluding steroid dienone is 1. The monoisotopic (exact) mass is 886 g/mol.